The fraction of sp³-hybridized carbons (Fsp3) is 0.217. The van der Waals surface area contributed by atoms with E-state index in [4.69, 9.17) is 14.2 Å². The predicted octanol–water partition coefficient (Wildman–Crippen LogP) is 3.32. The van der Waals surface area contributed by atoms with Crippen LogP contribution in [0.15, 0.2) is 53.6 Å². The van der Waals surface area contributed by atoms with Gasteiger partial charge >= 0.3 is 5.97 Å². The Morgan fingerprint density at radius 1 is 1.03 bits per heavy atom. The summed E-state index contributed by atoms with van der Waals surface area (Å²) in [7, 11) is 0. The van der Waals surface area contributed by atoms with Crippen LogP contribution in [-0.2, 0) is 9.53 Å². The van der Waals surface area contributed by atoms with Gasteiger partial charge < -0.3 is 24.2 Å². The van der Waals surface area contributed by atoms with Crippen LogP contribution in [0.1, 0.15) is 13.8 Å². The molecular formula is C23H22N4O5. The number of hydrogen-bond acceptors (Lipinski definition) is 7. The number of nitrogens with zero attached hydrogens (tertiary/aromatic N) is 2. The summed E-state index contributed by atoms with van der Waals surface area (Å²) in [6.07, 6.45) is 1.43. The van der Waals surface area contributed by atoms with Gasteiger partial charge in [-0.15, -0.1) is 0 Å². The maximum Gasteiger partial charge on any atom is 0.344 e. The van der Waals surface area contributed by atoms with Crippen LogP contribution in [-0.4, -0.2) is 45.7 Å². The van der Waals surface area contributed by atoms with E-state index >= 15 is 0 Å². The third-order valence-electron chi connectivity index (χ3n) is 4.66. The largest absolute Gasteiger partial charge is 0.493 e. The first-order valence-electron chi connectivity index (χ1n) is 10.2. The second-order valence-corrected chi connectivity index (χ2v) is 6.78. The lowest BCUT2D eigenvalue weighted by atomic mass is 10.0. The number of aromatic amines is 2. The van der Waals surface area contributed by atoms with Crippen LogP contribution in [0.2, 0.25) is 0 Å². The van der Waals surface area contributed by atoms with E-state index in [1.54, 1.807) is 13.0 Å². The average molecular weight is 434 g/mol. The highest BCUT2D eigenvalue weighted by Crippen LogP contribution is 2.33. The molecule has 2 aromatic heterocycles. The van der Waals surface area contributed by atoms with Crippen molar-refractivity contribution in [2.75, 3.05) is 19.8 Å². The Balaban J connectivity index is 1.66. The molecule has 0 spiro atoms. The molecule has 0 aliphatic carbocycles. The van der Waals surface area contributed by atoms with Crippen LogP contribution >= 0.6 is 0 Å². The molecule has 164 valence electrons. The van der Waals surface area contributed by atoms with Gasteiger partial charge in [0.1, 0.15) is 17.3 Å². The quantitative estimate of drug-likeness (QED) is 0.408. The predicted molar refractivity (Wildman–Crippen MR) is 119 cm³/mol. The molecular weight excluding hydrogens is 412 g/mol. The van der Waals surface area contributed by atoms with Crippen molar-refractivity contribution in [2.45, 2.75) is 13.8 Å². The van der Waals surface area contributed by atoms with Gasteiger partial charge in [0.15, 0.2) is 17.8 Å². The number of H-pyrrole nitrogens is 2. The second kappa shape index (κ2) is 9.34. The minimum atomic E-state index is -0.420. The molecule has 2 N–H and O–H groups in total. The van der Waals surface area contributed by atoms with Crippen LogP contribution in [0, 0.1) is 0 Å². The monoisotopic (exact) mass is 434 g/mol. The van der Waals surface area contributed by atoms with Crippen molar-refractivity contribution in [3.8, 4) is 34.0 Å². The number of carbonyl (C=O) groups excluding carboxylic acids is 1. The number of esters is 1. The molecule has 32 heavy (non-hydrogen) atoms. The van der Waals surface area contributed by atoms with E-state index in [2.05, 4.69) is 19.9 Å². The zero-order valence-electron chi connectivity index (χ0n) is 17.7. The number of ether oxygens (including phenoxy) is 3. The molecule has 4 aromatic rings. The number of fused-ring (bicyclic) bond motifs is 1. The summed E-state index contributed by atoms with van der Waals surface area (Å²) >= 11 is 0. The van der Waals surface area contributed by atoms with Gasteiger partial charge in [0.2, 0.25) is 0 Å². The fourth-order valence-corrected chi connectivity index (χ4v) is 3.26. The Kier molecular flexibility index (Phi) is 6.16. The van der Waals surface area contributed by atoms with E-state index < -0.39 is 5.97 Å². The SMILES string of the molecule is CCOC(=O)COc1cccc(-c2ccc(-c3nc4[nH]cnc4c(=O)[nH]3)c(OCC)c2)c1. The molecule has 9 nitrogen and oxygen atoms in total. The van der Waals surface area contributed by atoms with Crippen LogP contribution in [0.5, 0.6) is 11.5 Å². The highest BCUT2D eigenvalue weighted by molar-refractivity contribution is 5.77. The normalized spacial score (nSPS) is 10.8. The van der Waals surface area contributed by atoms with Crippen molar-refractivity contribution in [3.63, 3.8) is 0 Å². The number of aromatic nitrogens is 4. The molecule has 0 fully saturated rings. The molecule has 9 heteroatoms. The van der Waals surface area contributed by atoms with Gasteiger partial charge in [0, 0.05) is 0 Å². The van der Waals surface area contributed by atoms with Crippen LogP contribution in [0.4, 0.5) is 0 Å². The summed E-state index contributed by atoms with van der Waals surface area (Å²) in [5, 5.41) is 0. The Labute approximate surface area is 183 Å². The lowest BCUT2D eigenvalue weighted by Crippen LogP contribution is -2.14. The summed E-state index contributed by atoms with van der Waals surface area (Å²) < 4.78 is 16.3. The molecule has 0 saturated heterocycles. The van der Waals surface area contributed by atoms with Gasteiger partial charge in [-0.3, -0.25) is 4.79 Å². The van der Waals surface area contributed by atoms with Gasteiger partial charge in [-0.2, -0.15) is 0 Å². The topological polar surface area (TPSA) is 119 Å². The van der Waals surface area contributed by atoms with Gasteiger partial charge in [-0.25, -0.2) is 14.8 Å². The Morgan fingerprint density at radius 3 is 2.69 bits per heavy atom. The van der Waals surface area contributed by atoms with Crippen molar-refractivity contribution in [1.29, 1.82) is 0 Å². The fourth-order valence-electron chi connectivity index (χ4n) is 3.26. The maximum absolute atomic E-state index is 12.3. The standard InChI is InChI=1S/C23H22N4O5/c1-3-30-18-11-15(14-6-5-7-16(10-14)32-12-19(28)31-4-2)8-9-17(18)21-26-22-20(23(29)27-21)24-13-25-22/h5-11,13H,3-4,12H2,1-2H3,(H2,24,25,26,27,29). The lowest BCUT2D eigenvalue weighted by Gasteiger charge is -2.13. The Bertz CT molecular complexity index is 1310. The average Bonchev–Trinajstić information content (AvgIpc) is 3.28. The first-order valence-corrected chi connectivity index (χ1v) is 10.2. The first kappa shape index (κ1) is 21.1. The summed E-state index contributed by atoms with van der Waals surface area (Å²) in [6.45, 7) is 4.22. The number of carbonyl (C=O) groups is 1. The summed E-state index contributed by atoms with van der Waals surface area (Å²) in [6, 6.07) is 13.0. The summed E-state index contributed by atoms with van der Waals surface area (Å²) in [5.41, 5.74) is 2.74. The van der Waals surface area contributed by atoms with Gasteiger partial charge in [0.25, 0.3) is 5.56 Å². The third kappa shape index (κ3) is 4.46. The Morgan fingerprint density at radius 2 is 1.88 bits per heavy atom. The van der Waals surface area contributed by atoms with Crippen molar-refractivity contribution < 1.29 is 19.0 Å². The summed E-state index contributed by atoms with van der Waals surface area (Å²) in [4.78, 5) is 37.9. The Hall–Kier alpha value is -4.14. The van der Waals surface area contributed by atoms with Crippen LogP contribution in [0.25, 0.3) is 33.7 Å². The molecule has 0 aliphatic rings. The van der Waals surface area contributed by atoms with E-state index in [0.29, 0.717) is 41.7 Å². The molecule has 0 atom stereocenters. The van der Waals surface area contributed by atoms with Crippen molar-refractivity contribution >= 4 is 17.1 Å². The minimum Gasteiger partial charge on any atom is -0.493 e. The van der Waals surface area contributed by atoms with Gasteiger partial charge in [-0.1, -0.05) is 18.2 Å². The first-order chi connectivity index (χ1) is 15.6. The number of hydrogen-bond donors (Lipinski definition) is 2. The second-order valence-electron chi connectivity index (χ2n) is 6.78. The van der Waals surface area contributed by atoms with E-state index in [1.165, 1.54) is 6.33 Å². The lowest BCUT2D eigenvalue weighted by molar-refractivity contribution is -0.145. The van der Waals surface area contributed by atoms with E-state index in [1.807, 2.05) is 43.3 Å². The molecule has 0 unspecified atom stereocenters. The molecule has 0 radical (unpaired) electrons. The molecule has 2 heterocycles. The van der Waals surface area contributed by atoms with Crippen LogP contribution in [0.3, 0.4) is 0 Å². The van der Waals surface area contributed by atoms with E-state index in [0.717, 1.165) is 11.1 Å². The molecule has 2 aromatic carbocycles. The van der Waals surface area contributed by atoms with Crippen LogP contribution < -0.4 is 15.0 Å². The van der Waals surface area contributed by atoms with E-state index in [9.17, 15) is 9.59 Å². The molecule has 4 rings (SSSR count). The van der Waals surface area contributed by atoms with E-state index in [-0.39, 0.29) is 17.7 Å². The van der Waals surface area contributed by atoms with Gasteiger partial charge in [0.05, 0.1) is 25.1 Å². The van der Waals surface area contributed by atoms with Crippen molar-refractivity contribution in [1.82, 2.24) is 19.9 Å². The molecule has 0 aliphatic heterocycles. The number of rotatable bonds is 8. The smallest absolute Gasteiger partial charge is 0.344 e. The number of benzene rings is 2. The number of nitrogens with one attached hydrogen (secondary N) is 2. The molecule has 0 bridgehead atoms. The number of imidazole rings is 1. The minimum absolute atomic E-state index is 0.157. The maximum atomic E-state index is 12.3. The zero-order chi connectivity index (χ0) is 22.5. The highest BCUT2D eigenvalue weighted by atomic mass is 16.6. The summed E-state index contributed by atoms with van der Waals surface area (Å²) in [5.74, 6) is 1.09. The van der Waals surface area contributed by atoms with Crippen molar-refractivity contribution in [2.24, 2.45) is 0 Å². The zero-order valence-corrected chi connectivity index (χ0v) is 17.7. The van der Waals surface area contributed by atoms with Crippen molar-refractivity contribution in [3.05, 3.63) is 59.1 Å². The highest BCUT2D eigenvalue weighted by Gasteiger charge is 2.14. The van der Waals surface area contributed by atoms with Gasteiger partial charge in [-0.05, 0) is 49.2 Å². The third-order valence-corrected chi connectivity index (χ3v) is 4.66. The molecule has 0 amide bonds. The molecule has 0 saturated carbocycles.